The molecular formula is C14H19N3O2. The summed E-state index contributed by atoms with van der Waals surface area (Å²) in [6, 6.07) is 3.83. The van der Waals surface area contributed by atoms with Gasteiger partial charge in [0.05, 0.1) is 17.8 Å². The van der Waals surface area contributed by atoms with Crippen molar-refractivity contribution in [3.05, 3.63) is 17.7 Å². The molecule has 102 valence electrons. The zero-order valence-corrected chi connectivity index (χ0v) is 10.9. The van der Waals surface area contributed by atoms with E-state index >= 15 is 0 Å². The number of fused-ring (bicyclic) bond motifs is 1. The highest BCUT2D eigenvalue weighted by Gasteiger charge is 2.20. The van der Waals surface area contributed by atoms with Gasteiger partial charge in [-0.2, -0.15) is 0 Å². The molecule has 0 aliphatic carbocycles. The molecule has 0 spiro atoms. The van der Waals surface area contributed by atoms with Crippen LogP contribution in [-0.2, 0) is 16.0 Å². The van der Waals surface area contributed by atoms with E-state index in [4.69, 9.17) is 10.5 Å². The average Bonchev–Trinajstić information content (AvgIpc) is 2.76. The number of nitrogen functional groups attached to an aromatic ring is 1. The van der Waals surface area contributed by atoms with Crippen LogP contribution in [0.4, 0.5) is 17.1 Å². The van der Waals surface area contributed by atoms with Gasteiger partial charge in [0.1, 0.15) is 0 Å². The number of rotatable bonds is 3. The maximum absolute atomic E-state index is 11.3. The molecule has 5 heteroatoms. The van der Waals surface area contributed by atoms with Crippen molar-refractivity contribution in [2.24, 2.45) is 5.92 Å². The first-order chi connectivity index (χ1) is 9.22. The molecule has 1 amide bonds. The Hall–Kier alpha value is -1.75. The molecule has 2 heterocycles. The smallest absolute Gasteiger partial charge is 0.228 e. The van der Waals surface area contributed by atoms with E-state index in [1.54, 1.807) is 0 Å². The van der Waals surface area contributed by atoms with Crippen LogP contribution in [0.5, 0.6) is 0 Å². The maximum atomic E-state index is 11.3. The van der Waals surface area contributed by atoms with Gasteiger partial charge in [0, 0.05) is 25.4 Å². The summed E-state index contributed by atoms with van der Waals surface area (Å²) in [6.07, 6.45) is 2.61. The second-order valence-corrected chi connectivity index (χ2v) is 5.26. The Morgan fingerprint density at radius 1 is 1.37 bits per heavy atom. The van der Waals surface area contributed by atoms with Gasteiger partial charge in [0.15, 0.2) is 0 Å². The number of anilines is 3. The molecule has 2 aliphatic heterocycles. The van der Waals surface area contributed by atoms with Gasteiger partial charge in [0.2, 0.25) is 5.91 Å². The Bertz CT molecular complexity index is 496. The van der Waals surface area contributed by atoms with Crippen molar-refractivity contribution in [3.8, 4) is 0 Å². The molecule has 1 fully saturated rings. The first-order valence-electron chi connectivity index (χ1n) is 6.76. The van der Waals surface area contributed by atoms with Gasteiger partial charge in [-0.15, -0.1) is 0 Å². The van der Waals surface area contributed by atoms with Crippen molar-refractivity contribution < 1.29 is 9.53 Å². The van der Waals surface area contributed by atoms with Gasteiger partial charge in [-0.1, -0.05) is 0 Å². The SMILES string of the molecule is Nc1cc2c(cc1NCC1CCOCC1)NC(=O)C2. The summed E-state index contributed by atoms with van der Waals surface area (Å²) in [5, 5.41) is 6.24. The summed E-state index contributed by atoms with van der Waals surface area (Å²) < 4.78 is 5.35. The highest BCUT2D eigenvalue weighted by molar-refractivity contribution is 6.00. The van der Waals surface area contributed by atoms with Crippen LogP contribution in [0.3, 0.4) is 0 Å². The van der Waals surface area contributed by atoms with Gasteiger partial charge in [-0.3, -0.25) is 4.79 Å². The first kappa shape index (κ1) is 12.3. The van der Waals surface area contributed by atoms with Gasteiger partial charge >= 0.3 is 0 Å². The fraction of sp³-hybridized carbons (Fsp3) is 0.500. The van der Waals surface area contributed by atoms with E-state index in [2.05, 4.69) is 10.6 Å². The van der Waals surface area contributed by atoms with Crippen molar-refractivity contribution in [1.29, 1.82) is 0 Å². The predicted octanol–water partition coefficient (Wildman–Crippen LogP) is 1.60. The van der Waals surface area contributed by atoms with E-state index in [1.807, 2.05) is 12.1 Å². The average molecular weight is 261 g/mol. The van der Waals surface area contributed by atoms with Crippen molar-refractivity contribution in [2.45, 2.75) is 19.3 Å². The molecule has 1 aromatic carbocycles. The van der Waals surface area contributed by atoms with E-state index < -0.39 is 0 Å². The molecule has 4 N–H and O–H groups in total. The molecule has 19 heavy (non-hydrogen) atoms. The van der Waals surface area contributed by atoms with Gasteiger partial charge in [-0.05, 0) is 36.5 Å². The fourth-order valence-electron chi connectivity index (χ4n) is 2.65. The monoisotopic (exact) mass is 261 g/mol. The Morgan fingerprint density at radius 2 is 2.16 bits per heavy atom. The van der Waals surface area contributed by atoms with Crippen LogP contribution in [0, 0.1) is 5.92 Å². The zero-order valence-electron chi connectivity index (χ0n) is 10.9. The first-order valence-corrected chi connectivity index (χ1v) is 6.76. The number of ether oxygens (including phenoxy) is 1. The Kier molecular flexibility index (Phi) is 3.29. The zero-order chi connectivity index (χ0) is 13.2. The molecule has 0 saturated carbocycles. The number of carbonyl (C=O) groups is 1. The molecule has 3 rings (SSSR count). The quantitative estimate of drug-likeness (QED) is 0.722. The van der Waals surface area contributed by atoms with Crippen LogP contribution in [0.1, 0.15) is 18.4 Å². The van der Waals surface area contributed by atoms with E-state index in [0.717, 1.165) is 49.5 Å². The third kappa shape index (κ3) is 2.66. The molecular weight excluding hydrogens is 242 g/mol. The van der Waals surface area contributed by atoms with Crippen LogP contribution in [0.2, 0.25) is 0 Å². The fourth-order valence-corrected chi connectivity index (χ4v) is 2.65. The predicted molar refractivity (Wildman–Crippen MR) is 75.2 cm³/mol. The van der Waals surface area contributed by atoms with Crippen LogP contribution in [0.15, 0.2) is 12.1 Å². The molecule has 1 saturated heterocycles. The minimum Gasteiger partial charge on any atom is -0.397 e. The normalized spacial score (nSPS) is 19.1. The summed E-state index contributed by atoms with van der Waals surface area (Å²) >= 11 is 0. The molecule has 0 unspecified atom stereocenters. The second-order valence-electron chi connectivity index (χ2n) is 5.26. The summed E-state index contributed by atoms with van der Waals surface area (Å²) in [4.78, 5) is 11.3. The third-order valence-electron chi connectivity index (χ3n) is 3.82. The lowest BCUT2D eigenvalue weighted by atomic mass is 10.00. The van der Waals surface area contributed by atoms with Crippen LogP contribution >= 0.6 is 0 Å². The molecule has 5 nitrogen and oxygen atoms in total. The number of benzene rings is 1. The molecule has 0 aromatic heterocycles. The second kappa shape index (κ2) is 5.09. The van der Waals surface area contributed by atoms with Crippen molar-refractivity contribution in [2.75, 3.05) is 36.1 Å². The minimum atomic E-state index is 0.0379. The highest BCUT2D eigenvalue weighted by atomic mass is 16.5. The highest BCUT2D eigenvalue weighted by Crippen LogP contribution is 2.31. The standard InChI is InChI=1S/C14H19N3O2/c15-11-5-10-6-14(18)17-12(10)7-13(11)16-8-9-1-3-19-4-2-9/h5,7,9,16H,1-4,6,8,15H2,(H,17,18). The Labute approximate surface area is 112 Å². The maximum Gasteiger partial charge on any atom is 0.228 e. The van der Waals surface area contributed by atoms with E-state index in [0.29, 0.717) is 18.0 Å². The Balaban J connectivity index is 1.67. The third-order valence-corrected chi connectivity index (χ3v) is 3.82. The van der Waals surface area contributed by atoms with E-state index in [1.165, 1.54) is 0 Å². The van der Waals surface area contributed by atoms with Crippen molar-refractivity contribution >= 4 is 23.0 Å². The molecule has 1 aromatic rings. The summed E-state index contributed by atoms with van der Waals surface area (Å²) in [7, 11) is 0. The summed E-state index contributed by atoms with van der Waals surface area (Å²) in [5.41, 5.74) is 9.52. The van der Waals surface area contributed by atoms with E-state index in [9.17, 15) is 4.79 Å². The number of hydrogen-bond acceptors (Lipinski definition) is 4. The lowest BCUT2D eigenvalue weighted by Crippen LogP contribution is -2.22. The largest absolute Gasteiger partial charge is 0.397 e. The molecule has 0 atom stereocenters. The van der Waals surface area contributed by atoms with Crippen LogP contribution in [-0.4, -0.2) is 25.7 Å². The number of nitrogens with one attached hydrogen (secondary N) is 2. The van der Waals surface area contributed by atoms with Gasteiger partial charge in [0.25, 0.3) is 0 Å². The summed E-state index contributed by atoms with van der Waals surface area (Å²) in [5.74, 6) is 0.673. The van der Waals surface area contributed by atoms with Crippen LogP contribution < -0.4 is 16.4 Å². The summed E-state index contributed by atoms with van der Waals surface area (Å²) in [6.45, 7) is 2.60. The number of hydrogen-bond donors (Lipinski definition) is 3. The van der Waals surface area contributed by atoms with Crippen LogP contribution in [0.25, 0.3) is 0 Å². The number of amides is 1. The lowest BCUT2D eigenvalue weighted by molar-refractivity contribution is -0.115. The lowest BCUT2D eigenvalue weighted by Gasteiger charge is -2.23. The molecule has 2 aliphatic rings. The topological polar surface area (TPSA) is 76.4 Å². The molecule has 0 radical (unpaired) electrons. The van der Waals surface area contributed by atoms with Crippen molar-refractivity contribution in [3.63, 3.8) is 0 Å². The van der Waals surface area contributed by atoms with E-state index in [-0.39, 0.29) is 5.91 Å². The molecule has 0 bridgehead atoms. The van der Waals surface area contributed by atoms with Gasteiger partial charge < -0.3 is 21.1 Å². The number of nitrogens with two attached hydrogens (primary N) is 1. The number of carbonyl (C=O) groups excluding carboxylic acids is 1. The Morgan fingerprint density at radius 3 is 2.95 bits per heavy atom. The van der Waals surface area contributed by atoms with Gasteiger partial charge in [-0.25, -0.2) is 0 Å². The minimum absolute atomic E-state index is 0.0379. The van der Waals surface area contributed by atoms with Crippen molar-refractivity contribution in [1.82, 2.24) is 0 Å².